The molecule has 45 heavy (non-hydrogen) atoms. The molecule has 3 aromatic heterocycles. The van der Waals surface area contributed by atoms with Gasteiger partial charge in [0.25, 0.3) is 11.5 Å². The third kappa shape index (κ3) is 6.82. The number of benzene rings is 1. The number of amides is 2. The van der Waals surface area contributed by atoms with E-state index in [0.717, 1.165) is 29.5 Å². The van der Waals surface area contributed by atoms with Gasteiger partial charge in [-0.3, -0.25) is 14.5 Å². The number of likely N-dealkylation sites (N-methyl/N-ethyl adjacent to an activating group) is 1. The molecule has 4 heterocycles. The van der Waals surface area contributed by atoms with E-state index in [-0.39, 0.29) is 42.0 Å². The van der Waals surface area contributed by atoms with Gasteiger partial charge >= 0.3 is 6.09 Å². The molecule has 0 radical (unpaired) electrons. The quantitative estimate of drug-likeness (QED) is 0.173. The number of carbonyl (C=O) groups excluding carboxylic acids is 2. The number of halogens is 3. The van der Waals surface area contributed by atoms with Gasteiger partial charge in [-0.15, -0.1) is 11.3 Å². The predicted molar refractivity (Wildman–Crippen MR) is 170 cm³/mol. The highest BCUT2D eigenvalue weighted by Crippen LogP contribution is 2.37. The second kappa shape index (κ2) is 12.0. The minimum atomic E-state index is -1.39. The van der Waals surface area contributed by atoms with Gasteiger partial charge in [0.05, 0.1) is 28.2 Å². The van der Waals surface area contributed by atoms with Crippen LogP contribution < -0.4 is 5.56 Å². The van der Waals surface area contributed by atoms with Crippen molar-refractivity contribution in [1.29, 1.82) is 0 Å². The second-order valence-corrected chi connectivity index (χ2v) is 20.2. The standard InChI is InChI=1S/C31H37F3N4O5SSi/c1-31(2,3)43-30(41)37-14-21-27(17-10-19(32)20(33)11-18(17)28(39)35-21)24(15-37)36(4)29(40)23-12-25-22(13-26(34)44-25)38(23)16-42-8-9-45(5,6)7/h10-13,24H,8-9,14-16H2,1-7H3,(H,35,39)/t24-/m0/s1. The second-order valence-electron chi connectivity index (χ2n) is 13.6. The first-order valence-electron chi connectivity index (χ1n) is 14.6. The molecule has 2 amide bonds. The third-order valence-corrected chi connectivity index (χ3v) is 10.3. The van der Waals surface area contributed by atoms with Crippen molar-refractivity contribution in [3.05, 3.63) is 68.3 Å². The number of nitrogens with one attached hydrogen (secondary N) is 1. The number of carbonyl (C=O) groups is 2. The van der Waals surface area contributed by atoms with Gasteiger partial charge in [0, 0.05) is 45.6 Å². The van der Waals surface area contributed by atoms with E-state index in [1.165, 1.54) is 22.9 Å². The Labute approximate surface area is 263 Å². The van der Waals surface area contributed by atoms with Crippen LogP contribution in [0.4, 0.5) is 18.0 Å². The highest BCUT2D eigenvalue weighted by Gasteiger charge is 2.38. The molecule has 0 saturated carbocycles. The van der Waals surface area contributed by atoms with Crippen LogP contribution in [-0.2, 0) is 22.7 Å². The van der Waals surface area contributed by atoms with E-state index in [1.807, 2.05) is 0 Å². The van der Waals surface area contributed by atoms with Crippen molar-refractivity contribution >= 4 is 52.4 Å². The minimum absolute atomic E-state index is 0.0189. The average Bonchev–Trinajstić information content (AvgIpc) is 3.45. The maximum absolute atomic E-state index is 14.6. The summed E-state index contributed by atoms with van der Waals surface area (Å²) in [6.45, 7) is 12.2. The number of aromatic amines is 1. The van der Waals surface area contributed by atoms with Crippen LogP contribution in [-0.4, -0.2) is 65.2 Å². The van der Waals surface area contributed by atoms with E-state index in [0.29, 0.717) is 22.4 Å². The zero-order valence-electron chi connectivity index (χ0n) is 26.3. The molecule has 1 atom stereocenters. The van der Waals surface area contributed by atoms with E-state index in [2.05, 4.69) is 24.6 Å². The van der Waals surface area contributed by atoms with Crippen molar-refractivity contribution in [2.75, 3.05) is 20.2 Å². The zero-order chi connectivity index (χ0) is 33.0. The van der Waals surface area contributed by atoms with Crippen LogP contribution in [0.25, 0.3) is 21.0 Å². The van der Waals surface area contributed by atoms with E-state index < -0.39 is 54.0 Å². The van der Waals surface area contributed by atoms with Crippen molar-refractivity contribution in [1.82, 2.24) is 19.4 Å². The summed E-state index contributed by atoms with van der Waals surface area (Å²) in [5.41, 5.74) is -0.0795. The highest BCUT2D eigenvalue weighted by molar-refractivity contribution is 7.17. The fraction of sp³-hybridized carbons (Fsp3) is 0.452. The number of fused-ring (bicyclic) bond motifs is 4. The molecule has 0 saturated heterocycles. The molecule has 1 N–H and O–H groups in total. The Morgan fingerprint density at radius 2 is 1.76 bits per heavy atom. The number of ether oxygens (including phenoxy) is 2. The number of hydrogen-bond acceptors (Lipinski definition) is 6. The van der Waals surface area contributed by atoms with Gasteiger partial charge in [-0.1, -0.05) is 19.6 Å². The SMILES string of the molecule is CN(C(=O)c1cc2sc(F)cc2n1COCC[Si](C)(C)C)[C@H]1CN(C(=O)OC(C)(C)C)Cc2[nH]c(=O)c3cc(F)c(F)cc3c21. The Morgan fingerprint density at radius 1 is 1.09 bits per heavy atom. The maximum Gasteiger partial charge on any atom is 0.410 e. The number of rotatable bonds is 7. The number of thiophene rings is 1. The molecule has 0 spiro atoms. The van der Waals surface area contributed by atoms with Gasteiger partial charge in [-0.2, -0.15) is 4.39 Å². The molecule has 5 rings (SSSR count). The van der Waals surface area contributed by atoms with Crippen LogP contribution in [0, 0.1) is 16.8 Å². The molecule has 1 aromatic carbocycles. The lowest BCUT2D eigenvalue weighted by Gasteiger charge is -2.39. The Morgan fingerprint density at radius 3 is 2.40 bits per heavy atom. The van der Waals surface area contributed by atoms with Crippen LogP contribution in [0.15, 0.2) is 29.1 Å². The summed E-state index contributed by atoms with van der Waals surface area (Å²) in [5.74, 6) is -2.81. The highest BCUT2D eigenvalue weighted by atomic mass is 32.1. The first kappa shape index (κ1) is 32.8. The smallest absolute Gasteiger partial charge is 0.410 e. The number of pyridine rings is 1. The molecule has 4 aromatic rings. The molecule has 1 aliphatic rings. The molecule has 0 unspecified atom stereocenters. The minimum Gasteiger partial charge on any atom is -0.444 e. The maximum atomic E-state index is 14.6. The fourth-order valence-corrected chi connectivity index (χ4v) is 7.00. The zero-order valence-corrected chi connectivity index (χ0v) is 28.2. The van der Waals surface area contributed by atoms with Crippen molar-refractivity contribution in [2.45, 2.75) is 71.4 Å². The summed E-state index contributed by atoms with van der Waals surface area (Å²) in [7, 11) is 0.143. The Kier molecular flexibility index (Phi) is 8.70. The number of H-pyrrole nitrogens is 1. The van der Waals surface area contributed by atoms with Gasteiger partial charge in [-0.25, -0.2) is 13.6 Å². The first-order chi connectivity index (χ1) is 20.9. The summed E-state index contributed by atoms with van der Waals surface area (Å²) in [6.07, 6.45) is -0.666. The number of aromatic nitrogens is 2. The summed E-state index contributed by atoms with van der Waals surface area (Å²) >= 11 is 0.907. The van der Waals surface area contributed by atoms with Gasteiger partial charge in [0.15, 0.2) is 16.8 Å². The molecule has 0 fully saturated rings. The lowest BCUT2D eigenvalue weighted by molar-refractivity contribution is 0.0140. The molecule has 242 valence electrons. The van der Waals surface area contributed by atoms with E-state index in [9.17, 15) is 27.6 Å². The Balaban J connectivity index is 1.58. The predicted octanol–water partition coefficient (Wildman–Crippen LogP) is 6.84. The molecular formula is C31H37F3N4O5SSi. The van der Waals surface area contributed by atoms with Crippen LogP contribution >= 0.6 is 11.3 Å². The number of hydrogen-bond donors (Lipinski definition) is 1. The summed E-state index contributed by atoms with van der Waals surface area (Å²) in [4.78, 5) is 45.9. The fourth-order valence-electron chi connectivity index (χ4n) is 5.42. The summed E-state index contributed by atoms with van der Waals surface area (Å²) in [5, 5.41) is -0.351. The topological polar surface area (TPSA) is 96.9 Å². The van der Waals surface area contributed by atoms with Gasteiger partial charge < -0.3 is 23.9 Å². The molecule has 0 bridgehead atoms. The van der Waals surface area contributed by atoms with Crippen LogP contribution in [0.1, 0.15) is 48.6 Å². The number of nitrogens with zero attached hydrogens (tertiary/aromatic N) is 3. The van der Waals surface area contributed by atoms with Crippen LogP contribution in [0.3, 0.4) is 0 Å². The lowest BCUT2D eigenvalue weighted by atomic mass is 9.92. The van der Waals surface area contributed by atoms with E-state index >= 15 is 0 Å². The van der Waals surface area contributed by atoms with Gasteiger partial charge in [0.1, 0.15) is 18.0 Å². The normalized spacial score (nSPS) is 15.5. The molecule has 0 aliphatic carbocycles. The van der Waals surface area contributed by atoms with E-state index in [4.69, 9.17) is 9.47 Å². The monoisotopic (exact) mass is 662 g/mol. The van der Waals surface area contributed by atoms with E-state index in [1.54, 1.807) is 31.4 Å². The van der Waals surface area contributed by atoms with Gasteiger partial charge in [0.2, 0.25) is 0 Å². The largest absolute Gasteiger partial charge is 0.444 e. The lowest BCUT2D eigenvalue weighted by Crippen LogP contribution is -2.47. The molecule has 9 nitrogen and oxygen atoms in total. The molecular weight excluding hydrogens is 626 g/mol. The molecule has 14 heteroatoms. The first-order valence-corrected chi connectivity index (χ1v) is 19.1. The Hall–Kier alpha value is -3.62. The van der Waals surface area contributed by atoms with Crippen LogP contribution in [0.2, 0.25) is 25.7 Å². The Bertz CT molecular complexity index is 1860. The van der Waals surface area contributed by atoms with Crippen molar-refractivity contribution in [2.24, 2.45) is 0 Å². The third-order valence-electron chi connectivity index (χ3n) is 7.70. The van der Waals surface area contributed by atoms with Crippen molar-refractivity contribution in [3.8, 4) is 0 Å². The average molecular weight is 663 g/mol. The summed E-state index contributed by atoms with van der Waals surface area (Å²) < 4.78 is 56.8. The van der Waals surface area contributed by atoms with Gasteiger partial charge in [-0.05, 0) is 50.4 Å². The van der Waals surface area contributed by atoms with Crippen molar-refractivity contribution < 1.29 is 32.2 Å². The molecule has 1 aliphatic heterocycles. The van der Waals surface area contributed by atoms with Crippen LogP contribution in [0.5, 0.6) is 0 Å². The summed E-state index contributed by atoms with van der Waals surface area (Å²) in [6, 6.07) is 4.73. The van der Waals surface area contributed by atoms with Crippen molar-refractivity contribution in [3.63, 3.8) is 0 Å².